The number of anilines is 2. The normalized spacial score (nSPS) is 15.5. The van der Waals surface area contributed by atoms with E-state index >= 15 is 0 Å². The third kappa shape index (κ3) is 8.56. The van der Waals surface area contributed by atoms with E-state index in [-0.39, 0.29) is 36.3 Å². The fraction of sp³-hybridized carbons (Fsp3) is 0.467. The second kappa shape index (κ2) is 14.1. The molecule has 44 heavy (non-hydrogen) atoms. The Bertz CT molecular complexity index is 1620. The van der Waals surface area contributed by atoms with E-state index in [1.165, 1.54) is 7.11 Å². The molecule has 0 spiro atoms. The molecule has 1 saturated heterocycles. The maximum atomic E-state index is 14.4. The molecule has 1 aliphatic rings. The molecule has 4 rings (SSSR count). The molecule has 2 heterocycles. The van der Waals surface area contributed by atoms with E-state index in [1.54, 1.807) is 25.3 Å². The number of rotatable bonds is 11. The van der Waals surface area contributed by atoms with Gasteiger partial charge in [0.15, 0.2) is 9.84 Å². The Labute approximate surface area is 254 Å². The summed E-state index contributed by atoms with van der Waals surface area (Å²) in [6.45, 7) is 0.996. The minimum Gasteiger partial charge on any atom is -0.495 e. The number of piperidine rings is 1. The fourth-order valence-electron chi connectivity index (χ4n) is 5.29. The highest BCUT2D eigenvalue weighted by Crippen LogP contribution is 2.32. The number of likely N-dealkylation sites (tertiary alicyclic amines) is 1. The predicted molar refractivity (Wildman–Crippen MR) is 160 cm³/mol. The average Bonchev–Trinajstić information content (AvgIpc) is 3.28. The summed E-state index contributed by atoms with van der Waals surface area (Å²) >= 11 is 0. The zero-order valence-corrected chi connectivity index (χ0v) is 25.5. The van der Waals surface area contributed by atoms with Gasteiger partial charge in [-0.1, -0.05) is 12.0 Å². The summed E-state index contributed by atoms with van der Waals surface area (Å²) < 4.78 is 90.2. The molecule has 1 atom stereocenters. The van der Waals surface area contributed by atoms with Gasteiger partial charge in [0.25, 0.3) is 0 Å². The fourth-order valence-corrected chi connectivity index (χ4v) is 6.02. The number of alkyl halides is 3. The van der Waals surface area contributed by atoms with Crippen LogP contribution >= 0.6 is 0 Å². The molecule has 3 N–H and O–H groups in total. The second-order valence-electron chi connectivity index (χ2n) is 10.7. The number of β-amino-alcohol motifs (C(OH)–C–C–N with tert-alkyl or cyclic N) is 1. The van der Waals surface area contributed by atoms with Crippen LogP contribution in [0.2, 0.25) is 0 Å². The summed E-state index contributed by atoms with van der Waals surface area (Å²) in [6.07, 6.45) is -2.58. The smallest absolute Gasteiger partial charge is 0.406 e. The van der Waals surface area contributed by atoms with Crippen molar-refractivity contribution in [3.63, 3.8) is 0 Å². The Kier molecular flexibility index (Phi) is 10.7. The van der Waals surface area contributed by atoms with Crippen molar-refractivity contribution in [1.82, 2.24) is 9.47 Å². The van der Waals surface area contributed by atoms with Crippen LogP contribution in [0, 0.1) is 17.7 Å². The van der Waals surface area contributed by atoms with E-state index in [2.05, 4.69) is 27.4 Å². The van der Waals surface area contributed by atoms with Crippen LogP contribution in [-0.2, 0) is 21.1 Å². The summed E-state index contributed by atoms with van der Waals surface area (Å²) in [6, 6.07) is 8.90. The van der Waals surface area contributed by atoms with Crippen LogP contribution < -0.4 is 15.4 Å². The SMILES string of the molecule is COCC(O)CN1CCC(Nc2cccc3c2cc(C#CCNc2cc(F)c(S(C)(=O)=O)cc2OC)n3CC(F)(F)F)CC1. The first kappa shape index (κ1) is 33.4. The largest absolute Gasteiger partial charge is 0.495 e. The monoisotopic (exact) mass is 640 g/mol. The van der Waals surface area contributed by atoms with Gasteiger partial charge < -0.3 is 34.7 Å². The van der Waals surface area contributed by atoms with Gasteiger partial charge in [-0.15, -0.1) is 0 Å². The molecular formula is C30H36F4N4O5S. The number of sulfone groups is 1. The van der Waals surface area contributed by atoms with E-state index in [0.717, 1.165) is 48.9 Å². The van der Waals surface area contributed by atoms with Crippen molar-refractivity contribution >= 4 is 32.1 Å². The summed E-state index contributed by atoms with van der Waals surface area (Å²) in [4.78, 5) is 1.65. The molecule has 9 nitrogen and oxygen atoms in total. The van der Waals surface area contributed by atoms with Crippen LogP contribution in [0.3, 0.4) is 0 Å². The summed E-state index contributed by atoms with van der Waals surface area (Å²) in [5.74, 6) is 4.69. The number of nitrogens with one attached hydrogen (secondary N) is 2. The highest BCUT2D eigenvalue weighted by Gasteiger charge is 2.30. The summed E-state index contributed by atoms with van der Waals surface area (Å²) in [5.41, 5.74) is 1.38. The lowest BCUT2D eigenvalue weighted by atomic mass is 10.0. The van der Waals surface area contributed by atoms with Crippen molar-refractivity contribution in [1.29, 1.82) is 0 Å². The van der Waals surface area contributed by atoms with Gasteiger partial charge in [0.05, 0.1) is 43.3 Å². The lowest BCUT2D eigenvalue weighted by Crippen LogP contribution is -2.43. The standard InChI is InChI=1S/C30H36F4N4O5S/c1-42-18-22(39)17-37-12-9-20(10-13-37)36-25-7-4-8-27-23(25)14-21(38(27)19-30(32,33)34)6-5-11-35-26-15-24(31)29(44(3,40)41)16-28(26)43-2/h4,7-8,14-16,20,22,35-36,39H,9-13,17-19H2,1-3H3. The molecule has 1 aliphatic heterocycles. The van der Waals surface area contributed by atoms with Crippen LogP contribution in [0.25, 0.3) is 10.9 Å². The molecule has 1 fully saturated rings. The molecular weight excluding hydrogens is 604 g/mol. The number of halogens is 4. The van der Waals surface area contributed by atoms with Gasteiger partial charge in [0.2, 0.25) is 0 Å². The molecule has 3 aromatic rings. The molecule has 2 aromatic carbocycles. The topological polar surface area (TPSA) is 105 Å². The molecule has 0 radical (unpaired) electrons. The zero-order chi connectivity index (χ0) is 32.1. The van der Waals surface area contributed by atoms with E-state index in [4.69, 9.17) is 9.47 Å². The highest BCUT2D eigenvalue weighted by atomic mass is 32.2. The number of methoxy groups -OCH3 is 2. The number of hydrogen-bond donors (Lipinski definition) is 3. The maximum absolute atomic E-state index is 14.4. The van der Waals surface area contributed by atoms with Crippen molar-refractivity contribution in [3.05, 3.63) is 47.9 Å². The Morgan fingerprint density at radius 3 is 2.50 bits per heavy atom. The minimum atomic E-state index is -4.49. The number of aliphatic hydroxyl groups is 1. The first-order valence-corrected chi connectivity index (χ1v) is 15.8. The number of aliphatic hydroxyl groups excluding tert-OH is 1. The lowest BCUT2D eigenvalue weighted by molar-refractivity contribution is -0.140. The van der Waals surface area contributed by atoms with Crippen LogP contribution in [-0.4, -0.2) is 94.6 Å². The quantitative estimate of drug-likeness (QED) is 0.213. The van der Waals surface area contributed by atoms with Crippen LogP contribution in [0.15, 0.2) is 41.3 Å². The Morgan fingerprint density at radius 2 is 1.86 bits per heavy atom. The number of ether oxygens (including phenoxy) is 2. The molecule has 1 unspecified atom stereocenters. The number of fused-ring (bicyclic) bond motifs is 1. The van der Waals surface area contributed by atoms with Crippen LogP contribution in [0.5, 0.6) is 5.75 Å². The van der Waals surface area contributed by atoms with E-state index in [0.29, 0.717) is 23.1 Å². The van der Waals surface area contributed by atoms with Gasteiger partial charge in [-0.2, -0.15) is 13.2 Å². The van der Waals surface area contributed by atoms with Gasteiger partial charge in [-0.3, -0.25) is 0 Å². The number of hydrogen-bond acceptors (Lipinski definition) is 8. The molecule has 240 valence electrons. The van der Waals surface area contributed by atoms with Gasteiger partial charge in [-0.25, -0.2) is 12.8 Å². The maximum Gasteiger partial charge on any atom is 0.406 e. The third-order valence-corrected chi connectivity index (χ3v) is 8.41. The summed E-state index contributed by atoms with van der Waals surface area (Å²) in [5, 5.41) is 16.9. The van der Waals surface area contributed by atoms with E-state index in [1.807, 2.05) is 6.07 Å². The predicted octanol–water partition coefficient (Wildman–Crippen LogP) is 4.10. The number of benzene rings is 2. The van der Waals surface area contributed by atoms with Gasteiger partial charge in [0.1, 0.15) is 23.0 Å². The van der Waals surface area contributed by atoms with Crippen molar-refractivity contribution < 1.29 is 40.6 Å². The highest BCUT2D eigenvalue weighted by molar-refractivity contribution is 7.90. The Balaban J connectivity index is 1.53. The van der Waals surface area contributed by atoms with Gasteiger partial charge in [0, 0.05) is 62.2 Å². The molecule has 0 amide bonds. The number of aromatic nitrogens is 1. The van der Waals surface area contributed by atoms with Gasteiger partial charge >= 0.3 is 6.18 Å². The first-order valence-electron chi connectivity index (χ1n) is 13.9. The van der Waals surface area contributed by atoms with Crippen molar-refractivity contribution in [2.45, 2.75) is 42.6 Å². The number of nitrogens with zero attached hydrogens (tertiary/aromatic N) is 2. The van der Waals surface area contributed by atoms with Crippen molar-refractivity contribution in [2.75, 3.05) is 63.9 Å². The second-order valence-corrected chi connectivity index (χ2v) is 12.7. The molecule has 0 aliphatic carbocycles. The molecule has 0 bridgehead atoms. The third-order valence-electron chi connectivity index (χ3n) is 7.30. The Hall–Kier alpha value is -3.51. The van der Waals surface area contributed by atoms with Gasteiger partial charge in [-0.05, 0) is 37.0 Å². The first-order chi connectivity index (χ1) is 20.8. The Morgan fingerprint density at radius 1 is 1.14 bits per heavy atom. The van der Waals surface area contributed by atoms with E-state index < -0.39 is 39.4 Å². The van der Waals surface area contributed by atoms with Crippen LogP contribution in [0.1, 0.15) is 18.5 Å². The lowest BCUT2D eigenvalue weighted by Gasteiger charge is -2.34. The minimum absolute atomic E-state index is 0.0764. The summed E-state index contributed by atoms with van der Waals surface area (Å²) in [7, 11) is -0.984. The molecule has 14 heteroatoms. The molecule has 0 saturated carbocycles. The zero-order valence-electron chi connectivity index (χ0n) is 24.7. The van der Waals surface area contributed by atoms with Crippen LogP contribution in [0.4, 0.5) is 28.9 Å². The average molecular weight is 641 g/mol. The van der Waals surface area contributed by atoms with E-state index in [9.17, 15) is 31.1 Å². The van der Waals surface area contributed by atoms with Crippen molar-refractivity contribution in [2.24, 2.45) is 0 Å². The molecule has 1 aromatic heterocycles. The van der Waals surface area contributed by atoms with Crippen molar-refractivity contribution in [3.8, 4) is 17.6 Å².